The maximum absolute atomic E-state index is 12.4. The maximum Gasteiger partial charge on any atom is 0.303 e. The molecule has 1 aromatic heterocycles. The van der Waals surface area contributed by atoms with Crippen LogP contribution in [0.3, 0.4) is 0 Å². The van der Waals surface area contributed by atoms with Gasteiger partial charge in [-0.3, -0.25) is 14.3 Å². The Balaban J connectivity index is 2.79. The lowest BCUT2D eigenvalue weighted by atomic mass is 10.1. The number of carboxylic acid groups (broad SMARTS) is 1. The molecule has 6 nitrogen and oxygen atoms in total. The molecule has 1 amide bonds. The molecule has 0 unspecified atom stereocenters. The van der Waals surface area contributed by atoms with Crippen molar-refractivity contribution in [2.75, 3.05) is 6.54 Å². The Labute approximate surface area is 113 Å². The van der Waals surface area contributed by atoms with Crippen LogP contribution in [0.5, 0.6) is 0 Å². The first-order valence-electron chi connectivity index (χ1n) is 6.36. The molecule has 1 rings (SSSR count). The number of aliphatic carboxylic acids is 1. The van der Waals surface area contributed by atoms with Gasteiger partial charge < -0.3 is 10.0 Å². The summed E-state index contributed by atoms with van der Waals surface area (Å²) in [6, 6.07) is 0.0286. The van der Waals surface area contributed by atoms with Gasteiger partial charge in [0.2, 0.25) is 0 Å². The number of aryl methyl sites for hydroxylation is 1. The van der Waals surface area contributed by atoms with E-state index >= 15 is 0 Å². The van der Waals surface area contributed by atoms with Crippen LogP contribution in [-0.4, -0.2) is 44.3 Å². The van der Waals surface area contributed by atoms with E-state index in [2.05, 4.69) is 5.10 Å². The molecule has 0 saturated heterocycles. The van der Waals surface area contributed by atoms with Crippen LogP contribution in [0.15, 0.2) is 6.20 Å². The highest BCUT2D eigenvalue weighted by Gasteiger charge is 2.22. The molecule has 0 saturated carbocycles. The monoisotopic (exact) mass is 267 g/mol. The number of amides is 1. The normalized spacial score (nSPS) is 10.8. The van der Waals surface area contributed by atoms with Crippen LogP contribution in [0, 0.1) is 6.92 Å². The second-order valence-corrected chi connectivity index (χ2v) is 4.86. The minimum absolute atomic E-state index is 0.0286. The second-order valence-electron chi connectivity index (χ2n) is 4.86. The largest absolute Gasteiger partial charge is 0.481 e. The van der Waals surface area contributed by atoms with Gasteiger partial charge >= 0.3 is 5.97 Å². The van der Waals surface area contributed by atoms with Gasteiger partial charge in [-0.2, -0.15) is 5.10 Å². The lowest BCUT2D eigenvalue weighted by Gasteiger charge is -2.26. The van der Waals surface area contributed by atoms with Crippen LogP contribution in [0.25, 0.3) is 0 Å². The molecule has 0 fully saturated rings. The average molecular weight is 267 g/mol. The van der Waals surface area contributed by atoms with Gasteiger partial charge in [0, 0.05) is 31.7 Å². The molecule has 106 valence electrons. The first-order chi connectivity index (χ1) is 8.84. The molecule has 19 heavy (non-hydrogen) atoms. The molecule has 0 radical (unpaired) electrons. The number of hydrogen-bond donors (Lipinski definition) is 1. The van der Waals surface area contributed by atoms with E-state index in [4.69, 9.17) is 5.11 Å². The van der Waals surface area contributed by atoms with Gasteiger partial charge in [-0.05, 0) is 27.2 Å². The molecule has 1 aromatic rings. The van der Waals surface area contributed by atoms with Crippen molar-refractivity contribution in [2.24, 2.45) is 7.05 Å². The number of hydrogen-bond acceptors (Lipinski definition) is 3. The fourth-order valence-electron chi connectivity index (χ4n) is 1.86. The number of aromatic nitrogens is 2. The van der Waals surface area contributed by atoms with Crippen LogP contribution in [-0.2, 0) is 11.8 Å². The number of nitrogens with zero attached hydrogens (tertiary/aromatic N) is 3. The lowest BCUT2D eigenvalue weighted by molar-refractivity contribution is -0.137. The average Bonchev–Trinajstić information content (AvgIpc) is 2.64. The third kappa shape index (κ3) is 3.81. The first-order valence-corrected chi connectivity index (χ1v) is 6.36. The zero-order chi connectivity index (χ0) is 14.6. The topological polar surface area (TPSA) is 75.4 Å². The fraction of sp³-hybridized carbons (Fsp3) is 0.615. The first kappa shape index (κ1) is 15.2. The highest BCUT2D eigenvalue weighted by Crippen LogP contribution is 2.13. The van der Waals surface area contributed by atoms with Crippen LogP contribution < -0.4 is 0 Å². The molecular weight excluding hydrogens is 246 g/mol. The van der Waals surface area contributed by atoms with Gasteiger partial charge in [0.25, 0.3) is 5.91 Å². The van der Waals surface area contributed by atoms with Crippen molar-refractivity contribution in [1.29, 1.82) is 0 Å². The molecule has 0 spiro atoms. The van der Waals surface area contributed by atoms with E-state index in [9.17, 15) is 9.59 Å². The summed E-state index contributed by atoms with van der Waals surface area (Å²) >= 11 is 0. The van der Waals surface area contributed by atoms with Crippen molar-refractivity contribution >= 4 is 11.9 Å². The third-order valence-electron chi connectivity index (χ3n) is 3.14. The van der Waals surface area contributed by atoms with Crippen molar-refractivity contribution in [3.63, 3.8) is 0 Å². The molecule has 0 aliphatic rings. The van der Waals surface area contributed by atoms with E-state index in [1.165, 1.54) is 0 Å². The summed E-state index contributed by atoms with van der Waals surface area (Å²) in [5, 5.41) is 12.7. The SMILES string of the molecule is Cc1c(C(=O)N(CCCC(=O)O)C(C)C)cnn1C. The van der Waals surface area contributed by atoms with E-state index in [0.717, 1.165) is 5.69 Å². The Morgan fingerprint density at radius 2 is 2.11 bits per heavy atom. The standard InChI is InChI=1S/C13H21N3O3/c1-9(2)16(7-5-6-12(17)18)13(19)11-8-14-15(4)10(11)3/h8-9H,5-7H2,1-4H3,(H,17,18). The quantitative estimate of drug-likeness (QED) is 0.846. The van der Waals surface area contributed by atoms with E-state index in [-0.39, 0.29) is 18.4 Å². The summed E-state index contributed by atoms with van der Waals surface area (Å²) in [4.78, 5) is 24.6. The van der Waals surface area contributed by atoms with E-state index in [1.54, 1.807) is 22.8 Å². The number of carboxylic acids is 1. The maximum atomic E-state index is 12.4. The molecule has 0 atom stereocenters. The molecule has 0 aliphatic carbocycles. The Morgan fingerprint density at radius 1 is 1.47 bits per heavy atom. The molecule has 0 aliphatic heterocycles. The predicted molar refractivity (Wildman–Crippen MR) is 71.0 cm³/mol. The van der Waals surface area contributed by atoms with Gasteiger partial charge in [-0.15, -0.1) is 0 Å². The van der Waals surface area contributed by atoms with Crippen molar-refractivity contribution in [3.05, 3.63) is 17.5 Å². The zero-order valence-corrected chi connectivity index (χ0v) is 11.9. The zero-order valence-electron chi connectivity index (χ0n) is 11.9. The Bertz CT molecular complexity index is 466. The summed E-state index contributed by atoms with van der Waals surface area (Å²) in [6.07, 6.45) is 2.09. The number of carbonyl (C=O) groups is 2. The summed E-state index contributed by atoms with van der Waals surface area (Å²) in [5.41, 5.74) is 1.39. The summed E-state index contributed by atoms with van der Waals surface area (Å²) in [5.74, 6) is -0.931. The Kier molecular flexibility index (Phi) is 5.09. The van der Waals surface area contributed by atoms with Crippen molar-refractivity contribution in [3.8, 4) is 0 Å². The summed E-state index contributed by atoms with van der Waals surface area (Å²) in [7, 11) is 1.79. The van der Waals surface area contributed by atoms with Crippen LogP contribution in [0.1, 0.15) is 42.7 Å². The summed E-state index contributed by atoms with van der Waals surface area (Å²) in [6.45, 7) is 6.13. The van der Waals surface area contributed by atoms with Gasteiger partial charge in [0.05, 0.1) is 11.8 Å². The predicted octanol–water partition coefficient (Wildman–Crippen LogP) is 1.44. The molecule has 0 bridgehead atoms. The van der Waals surface area contributed by atoms with E-state index in [1.807, 2.05) is 20.8 Å². The van der Waals surface area contributed by atoms with Gasteiger partial charge in [-0.1, -0.05) is 0 Å². The van der Waals surface area contributed by atoms with E-state index in [0.29, 0.717) is 18.5 Å². The highest BCUT2D eigenvalue weighted by molar-refractivity contribution is 5.95. The Morgan fingerprint density at radius 3 is 2.53 bits per heavy atom. The molecule has 1 heterocycles. The third-order valence-corrected chi connectivity index (χ3v) is 3.14. The van der Waals surface area contributed by atoms with Gasteiger partial charge in [0.15, 0.2) is 0 Å². The van der Waals surface area contributed by atoms with Crippen molar-refractivity contribution in [2.45, 2.75) is 39.7 Å². The number of carbonyl (C=O) groups excluding carboxylic acids is 1. The minimum atomic E-state index is -0.839. The molecule has 1 N–H and O–H groups in total. The molecule has 6 heteroatoms. The van der Waals surface area contributed by atoms with Crippen molar-refractivity contribution in [1.82, 2.24) is 14.7 Å². The van der Waals surface area contributed by atoms with E-state index < -0.39 is 5.97 Å². The Hall–Kier alpha value is -1.85. The second kappa shape index (κ2) is 6.36. The van der Waals surface area contributed by atoms with Crippen LogP contribution >= 0.6 is 0 Å². The number of rotatable bonds is 6. The summed E-state index contributed by atoms with van der Waals surface area (Å²) < 4.78 is 1.66. The smallest absolute Gasteiger partial charge is 0.303 e. The van der Waals surface area contributed by atoms with Crippen molar-refractivity contribution < 1.29 is 14.7 Å². The van der Waals surface area contributed by atoms with Gasteiger partial charge in [0.1, 0.15) is 0 Å². The molecule has 0 aromatic carbocycles. The minimum Gasteiger partial charge on any atom is -0.481 e. The van der Waals surface area contributed by atoms with Crippen LogP contribution in [0.2, 0.25) is 0 Å². The van der Waals surface area contributed by atoms with Crippen LogP contribution in [0.4, 0.5) is 0 Å². The lowest BCUT2D eigenvalue weighted by Crippen LogP contribution is -2.38. The van der Waals surface area contributed by atoms with Gasteiger partial charge in [-0.25, -0.2) is 0 Å². The highest BCUT2D eigenvalue weighted by atomic mass is 16.4. The molecular formula is C13H21N3O3. The fourth-order valence-corrected chi connectivity index (χ4v) is 1.86.